The Hall–Kier alpha value is -2.55. The Balaban J connectivity index is 1.61. The number of carbonyl (C=O) groups is 3. The van der Waals surface area contributed by atoms with Crippen molar-refractivity contribution in [2.24, 2.45) is 0 Å². The van der Waals surface area contributed by atoms with Crippen molar-refractivity contribution in [1.82, 2.24) is 5.32 Å². The van der Waals surface area contributed by atoms with E-state index in [0.717, 1.165) is 14.9 Å². The minimum atomic E-state index is -0.914. The Morgan fingerprint density at radius 1 is 0.857 bits per heavy atom. The molecule has 35 heavy (non-hydrogen) atoms. The smallest absolute Gasteiger partial charge is 0.335 e. The summed E-state index contributed by atoms with van der Waals surface area (Å²) in [6.45, 7) is 0.231. The summed E-state index contributed by atoms with van der Waals surface area (Å²) in [5.41, 5.74) is 1.11. The van der Waals surface area contributed by atoms with Gasteiger partial charge in [0.05, 0.1) is 25.8 Å². The van der Waals surface area contributed by atoms with E-state index in [9.17, 15) is 14.4 Å². The molecule has 6 nitrogen and oxygen atoms in total. The maximum absolute atomic E-state index is 13.1. The highest BCUT2D eigenvalue weighted by Gasteiger charge is 2.37. The quantitative estimate of drug-likeness (QED) is 0.242. The van der Waals surface area contributed by atoms with Crippen LogP contribution in [0.25, 0.3) is 6.08 Å². The number of rotatable bonds is 5. The molecule has 11 heteroatoms. The lowest BCUT2D eigenvalue weighted by Gasteiger charge is -2.26. The molecule has 3 aromatic carbocycles. The molecule has 0 unspecified atom stereocenters. The minimum absolute atomic E-state index is 0.143. The van der Waals surface area contributed by atoms with Gasteiger partial charge in [-0.3, -0.25) is 14.9 Å². The van der Waals surface area contributed by atoms with Crippen LogP contribution in [0.5, 0.6) is 5.75 Å². The highest BCUT2D eigenvalue weighted by atomic mass is 79.9. The summed E-state index contributed by atoms with van der Waals surface area (Å²) in [5, 5.41) is 2.89. The van der Waals surface area contributed by atoms with Crippen LogP contribution in [-0.4, -0.2) is 17.8 Å². The number of barbiturate groups is 1. The molecule has 0 radical (unpaired) electrons. The van der Waals surface area contributed by atoms with Crippen LogP contribution in [0.15, 0.2) is 64.6 Å². The molecule has 178 valence electrons. The monoisotopic (exact) mass is 612 g/mol. The number of carbonyl (C=O) groups excluding carboxylic acids is 3. The van der Waals surface area contributed by atoms with Gasteiger partial charge in [-0.15, -0.1) is 0 Å². The summed E-state index contributed by atoms with van der Waals surface area (Å²) in [6, 6.07) is 13.8. The van der Waals surface area contributed by atoms with Gasteiger partial charge in [0.25, 0.3) is 11.8 Å². The molecule has 4 amide bonds. The average Bonchev–Trinajstić information content (AvgIpc) is 2.79. The number of nitrogens with zero attached hydrogens (tertiary/aromatic N) is 1. The van der Waals surface area contributed by atoms with Crippen molar-refractivity contribution in [2.45, 2.75) is 6.61 Å². The minimum Gasteiger partial charge on any atom is -0.486 e. The second-order valence-electron chi connectivity index (χ2n) is 7.29. The lowest BCUT2D eigenvalue weighted by molar-refractivity contribution is -0.122. The van der Waals surface area contributed by atoms with Crippen LogP contribution < -0.4 is 15.0 Å². The summed E-state index contributed by atoms with van der Waals surface area (Å²) in [7, 11) is 0. The van der Waals surface area contributed by atoms with Crippen molar-refractivity contribution in [2.75, 3.05) is 4.90 Å². The van der Waals surface area contributed by atoms with Gasteiger partial charge in [-0.05, 0) is 59.7 Å². The highest BCUT2D eigenvalue weighted by molar-refractivity contribution is 9.10. The third-order valence-corrected chi connectivity index (χ3v) is 6.72. The molecule has 0 aliphatic carbocycles. The van der Waals surface area contributed by atoms with Crippen LogP contribution >= 0.6 is 62.3 Å². The zero-order valence-corrected chi connectivity index (χ0v) is 22.1. The highest BCUT2D eigenvalue weighted by Crippen LogP contribution is 2.36. The van der Waals surface area contributed by atoms with Gasteiger partial charge in [0.1, 0.15) is 12.2 Å². The second-order valence-corrected chi connectivity index (χ2v) is 9.83. The van der Waals surface area contributed by atoms with Gasteiger partial charge in [0.15, 0.2) is 5.75 Å². The van der Waals surface area contributed by atoms with Crippen molar-refractivity contribution < 1.29 is 19.1 Å². The van der Waals surface area contributed by atoms with Crippen molar-refractivity contribution in [1.29, 1.82) is 0 Å². The maximum Gasteiger partial charge on any atom is 0.335 e. The third-order valence-electron chi connectivity index (χ3n) is 4.89. The van der Waals surface area contributed by atoms with Crippen molar-refractivity contribution in [3.8, 4) is 5.75 Å². The largest absolute Gasteiger partial charge is 0.486 e. The molecule has 1 saturated heterocycles. The number of amides is 4. The molecular formula is C24H13BrCl4N2O4. The summed E-state index contributed by atoms with van der Waals surface area (Å²) >= 11 is 28.1. The molecule has 0 spiro atoms. The fraction of sp³-hybridized carbons (Fsp3) is 0.0417. The van der Waals surface area contributed by atoms with E-state index in [1.54, 1.807) is 0 Å². The predicted molar refractivity (Wildman–Crippen MR) is 140 cm³/mol. The van der Waals surface area contributed by atoms with E-state index in [-0.39, 0.29) is 43.7 Å². The first kappa shape index (κ1) is 25.5. The number of halogens is 5. The topological polar surface area (TPSA) is 75.7 Å². The molecule has 1 aliphatic rings. The molecule has 0 bridgehead atoms. The van der Waals surface area contributed by atoms with Gasteiger partial charge in [0.2, 0.25) is 0 Å². The van der Waals surface area contributed by atoms with Gasteiger partial charge < -0.3 is 4.74 Å². The van der Waals surface area contributed by atoms with Crippen LogP contribution in [0, 0.1) is 0 Å². The number of anilines is 1. The Morgan fingerprint density at radius 2 is 1.51 bits per heavy atom. The Bertz CT molecular complexity index is 1370. The lowest BCUT2D eigenvalue weighted by Crippen LogP contribution is -2.54. The Morgan fingerprint density at radius 3 is 2.14 bits per heavy atom. The SMILES string of the molecule is O=C1NC(=O)N(c2ccc(Cl)c(Cl)c2)C(=O)/C1=C/c1cc(Cl)c(OCc2ccc(Br)cc2)c(Cl)c1. The van der Waals surface area contributed by atoms with Crippen LogP contribution in [0.2, 0.25) is 20.1 Å². The maximum atomic E-state index is 13.1. The summed E-state index contributed by atoms with van der Waals surface area (Å²) in [6.07, 6.45) is 1.28. The number of benzene rings is 3. The first-order valence-corrected chi connectivity index (χ1v) is 12.2. The van der Waals surface area contributed by atoms with Crippen molar-refractivity contribution in [3.63, 3.8) is 0 Å². The van der Waals surface area contributed by atoms with Gasteiger partial charge in [-0.25, -0.2) is 9.69 Å². The van der Waals surface area contributed by atoms with Crippen molar-refractivity contribution >= 4 is 91.9 Å². The first-order valence-electron chi connectivity index (χ1n) is 9.87. The lowest BCUT2D eigenvalue weighted by atomic mass is 10.1. The molecule has 0 atom stereocenters. The molecule has 1 aliphatic heterocycles. The fourth-order valence-electron chi connectivity index (χ4n) is 3.22. The van der Waals surface area contributed by atoms with Crippen molar-refractivity contribution in [3.05, 3.63) is 95.9 Å². The zero-order valence-electron chi connectivity index (χ0n) is 17.5. The van der Waals surface area contributed by atoms with Crippen LogP contribution in [0.3, 0.4) is 0 Å². The molecule has 1 N–H and O–H groups in total. The van der Waals surface area contributed by atoms with E-state index in [4.69, 9.17) is 51.1 Å². The molecule has 0 saturated carbocycles. The fourth-order valence-corrected chi connectivity index (χ4v) is 4.39. The molecule has 1 heterocycles. The number of hydrogen-bond acceptors (Lipinski definition) is 4. The van der Waals surface area contributed by atoms with E-state index in [0.29, 0.717) is 5.56 Å². The van der Waals surface area contributed by atoms with Gasteiger partial charge in [0, 0.05) is 4.47 Å². The van der Waals surface area contributed by atoms with Gasteiger partial charge >= 0.3 is 6.03 Å². The van der Waals surface area contributed by atoms with Crippen LogP contribution in [0.1, 0.15) is 11.1 Å². The number of imide groups is 2. The van der Waals surface area contributed by atoms with E-state index >= 15 is 0 Å². The third kappa shape index (κ3) is 5.66. The Labute approximate surface area is 228 Å². The standard InChI is InChI=1S/C24H13BrCl4N2O4/c25-14-3-1-12(2-4-14)11-35-21-19(28)8-13(9-20(21)29)7-16-22(32)30-24(34)31(23(16)33)15-5-6-17(26)18(27)10-15/h1-10H,11H2,(H,30,32,34)/b16-7+. The van der Waals surface area contributed by atoms with Gasteiger partial charge in [-0.1, -0.05) is 74.5 Å². The molecule has 0 aromatic heterocycles. The van der Waals surface area contributed by atoms with E-state index in [1.165, 1.54) is 36.4 Å². The molecule has 4 rings (SSSR count). The number of ether oxygens (including phenoxy) is 1. The van der Waals surface area contributed by atoms with E-state index in [2.05, 4.69) is 21.2 Å². The van der Waals surface area contributed by atoms with Crippen LogP contribution in [0.4, 0.5) is 10.5 Å². The summed E-state index contributed by atoms with van der Waals surface area (Å²) in [5.74, 6) is -1.45. The molecule has 1 fully saturated rings. The normalized spacial score (nSPS) is 14.9. The number of urea groups is 1. The second kappa shape index (κ2) is 10.6. The average molecular weight is 615 g/mol. The molecular weight excluding hydrogens is 602 g/mol. The van der Waals surface area contributed by atoms with E-state index < -0.39 is 17.8 Å². The van der Waals surface area contributed by atoms with E-state index in [1.807, 2.05) is 24.3 Å². The number of hydrogen-bond donors (Lipinski definition) is 1. The summed E-state index contributed by atoms with van der Waals surface area (Å²) in [4.78, 5) is 38.7. The summed E-state index contributed by atoms with van der Waals surface area (Å²) < 4.78 is 6.71. The first-order chi connectivity index (χ1) is 16.6. The van der Waals surface area contributed by atoms with Gasteiger partial charge in [-0.2, -0.15) is 0 Å². The zero-order chi connectivity index (χ0) is 25.3. The van der Waals surface area contributed by atoms with Crippen LogP contribution in [-0.2, 0) is 16.2 Å². The number of nitrogens with one attached hydrogen (secondary N) is 1. The Kier molecular flexibility index (Phi) is 7.73. The molecule has 3 aromatic rings. The predicted octanol–water partition coefficient (Wildman–Crippen LogP) is 7.31.